The van der Waals surface area contributed by atoms with Crippen LogP contribution < -0.4 is 10.6 Å². The fraction of sp³-hybridized carbons (Fsp3) is 0.611. The lowest BCUT2D eigenvalue weighted by Gasteiger charge is -2.04. The van der Waals surface area contributed by atoms with Gasteiger partial charge in [-0.3, -0.25) is 4.79 Å². The molecule has 2 heterocycles. The summed E-state index contributed by atoms with van der Waals surface area (Å²) in [5.74, 6) is -0.132. The summed E-state index contributed by atoms with van der Waals surface area (Å²) in [6.07, 6.45) is 13.2. The number of hydrogen-bond donors (Lipinski definition) is 2. The van der Waals surface area contributed by atoms with E-state index in [2.05, 4.69) is 53.5 Å². The van der Waals surface area contributed by atoms with Gasteiger partial charge in [0, 0.05) is 13.1 Å². The maximum Gasteiger partial charge on any atom is 0.322 e. The summed E-state index contributed by atoms with van der Waals surface area (Å²) in [5.41, 5.74) is 2.92. The Morgan fingerprint density at radius 2 is 2.18 bits per heavy atom. The normalized spacial score (nSPS) is 20.3. The molecule has 2 rings (SSSR count). The molecule has 0 aliphatic carbocycles. The van der Waals surface area contributed by atoms with Crippen molar-refractivity contribution in [2.24, 2.45) is 0 Å². The van der Waals surface area contributed by atoms with E-state index in [1.54, 1.807) is 0 Å². The average Bonchev–Trinajstić information content (AvgIpc) is 3.24. The zero-order chi connectivity index (χ0) is 16.2. The van der Waals surface area contributed by atoms with Gasteiger partial charge in [-0.25, -0.2) is 0 Å². The molecule has 0 aromatic rings. The topological polar surface area (TPSA) is 50.4 Å². The third-order valence-electron chi connectivity index (χ3n) is 3.93. The van der Waals surface area contributed by atoms with Crippen molar-refractivity contribution in [2.75, 3.05) is 26.7 Å². The molecular formula is C18H30N2O2. The first-order valence-corrected chi connectivity index (χ1v) is 8.28. The minimum atomic E-state index is -0.132. The number of rotatable bonds is 5. The van der Waals surface area contributed by atoms with Crippen LogP contribution in [0.4, 0.5) is 0 Å². The van der Waals surface area contributed by atoms with Crippen LogP contribution in [0.25, 0.3) is 0 Å². The van der Waals surface area contributed by atoms with Crippen molar-refractivity contribution in [3.8, 4) is 0 Å². The van der Waals surface area contributed by atoms with E-state index in [1.807, 2.05) is 0 Å². The predicted molar refractivity (Wildman–Crippen MR) is 91.8 cm³/mol. The number of carbonyl (C=O) groups is 1. The molecule has 0 amide bonds. The van der Waals surface area contributed by atoms with Crippen LogP contribution in [-0.2, 0) is 9.53 Å². The van der Waals surface area contributed by atoms with Gasteiger partial charge in [-0.2, -0.15) is 0 Å². The molecule has 0 aromatic heterocycles. The van der Waals surface area contributed by atoms with Crippen LogP contribution in [0.1, 0.15) is 39.5 Å². The summed E-state index contributed by atoms with van der Waals surface area (Å²) < 4.78 is 4.53. The van der Waals surface area contributed by atoms with Crippen LogP contribution in [0.2, 0.25) is 0 Å². The Labute approximate surface area is 134 Å². The lowest BCUT2D eigenvalue weighted by Crippen LogP contribution is -2.31. The van der Waals surface area contributed by atoms with Crippen molar-refractivity contribution in [1.82, 2.24) is 10.6 Å². The Hall–Kier alpha value is -1.39. The molecule has 2 aliphatic heterocycles. The Bertz CT molecular complexity index is 413. The van der Waals surface area contributed by atoms with E-state index >= 15 is 0 Å². The third-order valence-corrected chi connectivity index (χ3v) is 3.93. The first kappa shape index (κ1) is 18.7. The summed E-state index contributed by atoms with van der Waals surface area (Å²) in [6, 6.07) is -0.0324. The second kappa shape index (κ2) is 11.2. The van der Waals surface area contributed by atoms with E-state index in [4.69, 9.17) is 0 Å². The zero-order valence-electron chi connectivity index (χ0n) is 14.2. The molecule has 0 spiro atoms. The highest BCUT2D eigenvalue weighted by Crippen LogP contribution is 2.07. The van der Waals surface area contributed by atoms with Crippen molar-refractivity contribution in [2.45, 2.75) is 45.6 Å². The second-order valence-electron chi connectivity index (χ2n) is 5.47. The Kier molecular flexibility index (Phi) is 9.51. The highest BCUT2D eigenvalue weighted by atomic mass is 16.5. The van der Waals surface area contributed by atoms with Crippen LogP contribution in [0.3, 0.4) is 0 Å². The molecule has 22 heavy (non-hydrogen) atoms. The maximum absolute atomic E-state index is 10.7. The summed E-state index contributed by atoms with van der Waals surface area (Å²) in [5, 5.41) is 6.31. The summed E-state index contributed by atoms with van der Waals surface area (Å²) in [7, 11) is 1.42. The van der Waals surface area contributed by atoms with Gasteiger partial charge in [0.15, 0.2) is 0 Å². The van der Waals surface area contributed by atoms with Gasteiger partial charge in [-0.1, -0.05) is 43.7 Å². The van der Waals surface area contributed by atoms with E-state index in [1.165, 1.54) is 18.3 Å². The molecule has 0 saturated carbocycles. The Morgan fingerprint density at radius 3 is 2.68 bits per heavy atom. The Morgan fingerprint density at radius 1 is 1.41 bits per heavy atom. The fourth-order valence-electron chi connectivity index (χ4n) is 2.44. The monoisotopic (exact) mass is 306 g/mol. The van der Waals surface area contributed by atoms with Crippen LogP contribution in [-0.4, -0.2) is 38.8 Å². The number of allylic oxidation sites excluding steroid dienone is 3. The van der Waals surface area contributed by atoms with Crippen molar-refractivity contribution in [3.63, 3.8) is 0 Å². The molecule has 0 bridgehead atoms. The molecule has 1 atom stereocenters. The van der Waals surface area contributed by atoms with Crippen molar-refractivity contribution in [3.05, 3.63) is 35.5 Å². The van der Waals surface area contributed by atoms with Gasteiger partial charge in [-0.15, -0.1) is 0 Å². The van der Waals surface area contributed by atoms with Crippen molar-refractivity contribution in [1.29, 1.82) is 0 Å². The standard InChI is InChI=1S/C12H19N.C6H11NO2/c1-3-11(4-2)6-5-7-12-8-9-13-10-12;1-9-6(8)5-3-2-4-7-5/h5-8,13H,3-4,9-10H2,1-2H3;5,7H,2-4H2,1H3/b7-5-;. The SMILES string of the molecule is CCC(=C/C=C\C1=CCNC1)CC.COC(=O)C1CCCN1. The molecule has 0 radical (unpaired) electrons. The number of carbonyl (C=O) groups excluding carboxylic acids is 1. The van der Waals surface area contributed by atoms with Gasteiger partial charge >= 0.3 is 5.97 Å². The largest absolute Gasteiger partial charge is 0.468 e. The van der Waals surface area contributed by atoms with Gasteiger partial charge in [-0.05, 0) is 37.8 Å². The van der Waals surface area contributed by atoms with E-state index in [9.17, 15) is 4.79 Å². The van der Waals surface area contributed by atoms with E-state index in [0.29, 0.717) is 0 Å². The number of hydrogen-bond acceptors (Lipinski definition) is 4. The van der Waals surface area contributed by atoms with Crippen LogP contribution in [0.15, 0.2) is 35.5 Å². The van der Waals surface area contributed by atoms with Gasteiger partial charge in [0.25, 0.3) is 0 Å². The summed E-state index contributed by atoms with van der Waals surface area (Å²) in [6.45, 7) is 7.41. The van der Waals surface area contributed by atoms with E-state index in [0.717, 1.165) is 45.3 Å². The summed E-state index contributed by atoms with van der Waals surface area (Å²) in [4.78, 5) is 10.7. The maximum atomic E-state index is 10.7. The van der Waals surface area contributed by atoms with Gasteiger partial charge in [0.2, 0.25) is 0 Å². The van der Waals surface area contributed by atoms with Crippen LogP contribution in [0, 0.1) is 0 Å². The van der Waals surface area contributed by atoms with Gasteiger partial charge < -0.3 is 15.4 Å². The molecule has 1 unspecified atom stereocenters. The van der Waals surface area contributed by atoms with Crippen molar-refractivity contribution < 1.29 is 9.53 Å². The molecule has 1 fully saturated rings. The molecule has 1 saturated heterocycles. The molecule has 0 aromatic carbocycles. The smallest absolute Gasteiger partial charge is 0.322 e. The highest BCUT2D eigenvalue weighted by Gasteiger charge is 2.21. The number of ether oxygens (including phenoxy) is 1. The molecule has 4 nitrogen and oxygen atoms in total. The first-order chi connectivity index (χ1) is 10.7. The molecular weight excluding hydrogens is 276 g/mol. The zero-order valence-corrected chi connectivity index (χ0v) is 14.2. The molecule has 2 aliphatic rings. The van der Waals surface area contributed by atoms with Crippen LogP contribution in [0.5, 0.6) is 0 Å². The van der Waals surface area contributed by atoms with Gasteiger partial charge in [0.1, 0.15) is 6.04 Å². The predicted octanol–water partition coefficient (Wildman–Crippen LogP) is 2.73. The lowest BCUT2D eigenvalue weighted by molar-refractivity contribution is -0.142. The fourth-order valence-corrected chi connectivity index (χ4v) is 2.44. The van der Waals surface area contributed by atoms with Crippen LogP contribution >= 0.6 is 0 Å². The highest BCUT2D eigenvalue weighted by molar-refractivity contribution is 5.75. The lowest BCUT2D eigenvalue weighted by atomic mass is 10.1. The first-order valence-electron chi connectivity index (χ1n) is 8.28. The second-order valence-corrected chi connectivity index (χ2v) is 5.47. The Balaban J connectivity index is 0.000000235. The van der Waals surface area contributed by atoms with E-state index < -0.39 is 0 Å². The number of methoxy groups -OCH3 is 1. The minimum Gasteiger partial charge on any atom is -0.468 e. The molecule has 2 N–H and O–H groups in total. The average molecular weight is 306 g/mol. The molecule has 4 heteroatoms. The third kappa shape index (κ3) is 7.05. The van der Waals surface area contributed by atoms with E-state index in [-0.39, 0.29) is 12.0 Å². The minimum absolute atomic E-state index is 0.0324. The quantitative estimate of drug-likeness (QED) is 0.606. The number of nitrogens with one attached hydrogen (secondary N) is 2. The molecule has 124 valence electrons. The van der Waals surface area contributed by atoms with Crippen molar-refractivity contribution >= 4 is 5.97 Å². The van der Waals surface area contributed by atoms with Gasteiger partial charge in [0.05, 0.1) is 7.11 Å². The summed E-state index contributed by atoms with van der Waals surface area (Å²) >= 11 is 0. The number of esters is 1.